The van der Waals surface area contributed by atoms with Crippen LogP contribution in [0.25, 0.3) is 5.70 Å². The van der Waals surface area contributed by atoms with Gasteiger partial charge in [-0.3, -0.25) is 4.79 Å². The number of carbonyl (C=O) groups is 1. The van der Waals surface area contributed by atoms with Gasteiger partial charge in [-0.1, -0.05) is 25.7 Å². The van der Waals surface area contributed by atoms with E-state index in [0.717, 1.165) is 55.4 Å². The van der Waals surface area contributed by atoms with Gasteiger partial charge >= 0.3 is 0 Å². The molecule has 212 valence electrons. The van der Waals surface area contributed by atoms with Gasteiger partial charge in [0.2, 0.25) is 5.91 Å². The van der Waals surface area contributed by atoms with Crippen LogP contribution >= 0.6 is 0 Å². The number of nitrogens with two attached hydrogens (primary N) is 1. The summed E-state index contributed by atoms with van der Waals surface area (Å²) in [4.78, 5) is 23.9. The largest absolute Gasteiger partial charge is 0.497 e. The number of nitrogens with zero attached hydrogens (tertiary/aromatic N) is 3. The number of methoxy groups -OCH3 is 1. The molecule has 10 heteroatoms. The average Bonchev–Trinajstić information content (AvgIpc) is 2.91. The maximum absolute atomic E-state index is 12.2. The quantitative estimate of drug-likeness (QED) is 0.268. The van der Waals surface area contributed by atoms with Gasteiger partial charge < -0.3 is 36.1 Å². The number of benzene rings is 1. The molecule has 1 saturated heterocycles. The summed E-state index contributed by atoms with van der Waals surface area (Å²) in [6.07, 6.45) is 7.43. The van der Waals surface area contributed by atoms with Gasteiger partial charge in [-0.15, -0.1) is 0 Å². The predicted molar refractivity (Wildman–Crippen MR) is 157 cm³/mol. The summed E-state index contributed by atoms with van der Waals surface area (Å²) in [5, 5.41) is 9.91. The summed E-state index contributed by atoms with van der Waals surface area (Å²) in [5.74, 6) is 1.95. The van der Waals surface area contributed by atoms with E-state index < -0.39 is 0 Å². The van der Waals surface area contributed by atoms with E-state index in [4.69, 9.17) is 25.2 Å². The van der Waals surface area contributed by atoms with Gasteiger partial charge in [-0.2, -0.15) is 0 Å². The molecule has 0 aliphatic carbocycles. The van der Waals surface area contributed by atoms with E-state index in [1.165, 1.54) is 0 Å². The second kappa shape index (κ2) is 15.1. The number of aromatic nitrogens is 2. The number of nitrogens with one attached hydrogen (secondary N) is 3. The molecular weight excluding hydrogens is 494 g/mol. The molecular formula is C29H43N7O3. The number of hydrogen-bond acceptors (Lipinski definition) is 9. The zero-order chi connectivity index (χ0) is 28.2. The second-order valence-electron chi connectivity index (χ2n) is 9.86. The Balaban J connectivity index is 1.74. The first-order valence-corrected chi connectivity index (χ1v) is 13.5. The minimum absolute atomic E-state index is 0.00630. The first kappa shape index (κ1) is 29.9. The number of carbonyl (C=O) groups excluding carboxylic acids is 1. The van der Waals surface area contributed by atoms with Crippen LogP contribution in [0.2, 0.25) is 0 Å². The third-order valence-electron chi connectivity index (χ3n) is 6.31. The van der Waals surface area contributed by atoms with Crippen molar-refractivity contribution in [1.29, 1.82) is 0 Å². The van der Waals surface area contributed by atoms with Crippen LogP contribution < -0.4 is 26.4 Å². The van der Waals surface area contributed by atoms with E-state index >= 15 is 0 Å². The highest BCUT2D eigenvalue weighted by Gasteiger charge is 2.19. The predicted octanol–water partition coefficient (Wildman–Crippen LogP) is 3.48. The minimum Gasteiger partial charge on any atom is -0.497 e. The fraction of sp³-hybridized carbons (Fsp3) is 0.483. The normalized spacial score (nSPS) is 14.0. The Morgan fingerprint density at radius 2 is 1.97 bits per heavy atom. The molecule has 1 amide bonds. The zero-order valence-corrected chi connectivity index (χ0v) is 23.7. The highest BCUT2D eigenvalue weighted by atomic mass is 16.5. The highest BCUT2D eigenvalue weighted by molar-refractivity contribution is 5.77. The van der Waals surface area contributed by atoms with Crippen molar-refractivity contribution in [3.05, 3.63) is 53.9 Å². The summed E-state index contributed by atoms with van der Waals surface area (Å²) in [6.45, 7) is 8.75. The van der Waals surface area contributed by atoms with Crippen molar-refractivity contribution in [3.8, 4) is 5.75 Å². The average molecular weight is 538 g/mol. The van der Waals surface area contributed by atoms with Crippen LogP contribution in [0.3, 0.4) is 0 Å². The molecule has 3 rings (SSSR count). The molecule has 0 bridgehead atoms. The number of rotatable bonds is 14. The lowest BCUT2D eigenvalue weighted by Crippen LogP contribution is -2.29. The van der Waals surface area contributed by atoms with Crippen molar-refractivity contribution < 1.29 is 14.3 Å². The number of amides is 1. The van der Waals surface area contributed by atoms with Crippen LogP contribution in [-0.4, -0.2) is 74.3 Å². The van der Waals surface area contributed by atoms with Crippen molar-refractivity contribution in [1.82, 2.24) is 20.2 Å². The van der Waals surface area contributed by atoms with E-state index in [2.05, 4.69) is 22.5 Å². The second-order valence-corrected chi connectivity index (χ2v) is 9.86. The molecule has 0 unspecified atom stereocenters. The van der Waals surface area contributed by atoms with Crippen LogP contribution in [0.4, 0.5) is 17.3 Å². The summed E-state index contributed by atoms with van der Waals surface area (Å²) >= 11 is 0. The summed E-state index contributed by atoms with van der Waals surface area (Å²) in [7, 11) is 5.61. The topological polar surface area (TPSA) is 127 Å². The molecule has 1 aliphatic heterocycles. The zero-order valence-electron chi connectivity index (χ0n) is 23.7. The van der Waals surface area contributed by atoms with Crippen molar-refractivity contribution in [2.24, 2.45) is 5.73 Å². The lowest BCUT2D eigenvalue weighted by molar-refractivity contribution is -0.120. The molecule has 1 fully saturated rings. The molecule has 5 N–H and O–H groups in total. The lowest BCUT2D eigenvalue weighted by Gasteiger charge is -2.25. The van der Waals surface area contributed by atoms with Crippen molar-refractivity contribution >= 4 is 28.9 Å². The van der Waals surface area contributed by atoms with Gasteiger partial charge in [0.1, 0.15) is 17.3 Å². The minimum atomic E-state index is -0.00630. The maximum Gasteiger partial charge on any atom is 0.223 e. The SMILES string of the molecule is C=C(N)c1nc(CC)c(NC2CCOCC2)nc1Nc1cc(CCNC(=O)C/C=C/CN(C)C)cc(OC)c1. The fourth-order valence-electron chi connectivity index (χ4n) is 4.20. The molecule has 1 aromatic carbocycles. The molecule has 2 aromatic rings. The first-order valence-electron chi connectivity index (χ1n) is 13.5. The maximum atomic E-state index is 12.2. The first-order chi connectivity index (χ1) is 18.8. The summed E-state index contributed by atoms with van der Waals surface area (Å²) in [6, 6.07) is 6.14. The smallest absolute Gasteiger partial charge is 0.223 e. The Hall–Kier alpha value is -3.63. The van der Waals surface area contributed by atoms with E-state index in [0.29, 0.717) is 48.8 Å². The molecule has 1 aromatic heterocycles. The van der Waals surface area contributed by atoms with Gasteiger partial charge in [-0.05, 0) is 57.5 Å². The van der Waals surface area contributed by atoms with Crippen LogP contribution in [0, 0.1) is 0 Å². The van der Waals surface area contributed by atoms with Gasteiger partial charge in [-0.25, -0.2) is 9.97 Å². The summed E-state index contributed by atoms with van der Waals surface area (Å²) < 4.78 is 11.0. The fourth-order valence-corrected chi connectivity index (χ4v) is 4.20. The van der Waals surface area contributed by atoms with Gasteiger partial charge in [0, 0.05) is 50.5 Å². The van der Waals surface area contributed by atoms with E-state index in [9.17, 15) is 4.79 Å². The van der Waals surface area contributed by atoms with Crippen molar-refractivity contribution in [3.63, 3.8) is 0 Å². The van der Waals surface area contributed by atoms with Crippen molar-refractivity contribution in [2.45, 2.75) is 45.1 Å². The third kappa shape index (κ3) is 9.56. The third-order valence-corrected chi connectivity index (χ3v) is 6.31. The molecule has 0 radical (unpaired) electrons. The number of anilines is 3. The Kier molecular flexibility index (Phi) is 11.6. The molecule has 2 heterocycles. The lowest BCUT2D eigenvalue weighted by atomic mass is 10.1. The molecule has 39 heavy (non-hydrogen) atoms. The van der Waals surface area contributed by atoms with Crippen LogP contribution in [0.5, 0.6) is 5.75 Å². The molecule has 10 nitrogen and oxygen atoms in total. The number of likely N-dealkylation sites (N-methyl/N-ethyl adjacent to an activating group) is 1. The Labute approximate surface area is 232 Å². The highest BCUT2D eigenvalue weighted by Crippen LogP contribution is 2.29. The Morgan fingerprint density at radius 3 is 2.64 bits per heavy atom. The summed E-state index contributed by atoms with van der Waals surface area (Å²) in [5.41, 5.74) is 9.60. The number of ether oxygens (including phenoxy) is 2. The van der Waals surface area contributed by atoms with E-state index in [1.807, 2.05) is 56.3 Å². The standard InChI is InChI=1S/C29H43N7O3/c1-6-25-28(32-22-11-15-39-16-12-22)35-29(27(34-25)20(2)30)33-23-17-21(18-24(19-23)38-5)10-13-31-26(37)9-7-8-14-36(3)4/h7-8,17-19,22H,2,6,9-16,30H2,1,3-5H3,(H,31,37)(H2,32,33,35)/b8-7+. The van der Waals surface area contributed by atoms with Gasteiger partial charge in [0.15, 0.2) is 5.82 Å². The Morgan fingerprint density at radius 1 is 1.21 bits per heavy atom. The number of hydrogen-bond donors (Lipinski definition) is 4. The van der Waals surface area contributed by atoms with E-state index in [1.54, 1.807) is 7.11 Å². The van der Waals surface area contributed by atoms with Gasteiger partial charge in [0.25, 0.3) is 0 Å². The molecule has 0 spiro atoms. The van der Waals surface area contributed by atoms with Gasteiger partial charge in [0.05, 0.1) is 18.5 Å². The van der Waals surface area contributed by atoms with Crippen LogP contribution in [0.1, 0.15) is 43.1 Å². The molecule has 1 aliphatic rings. The van der Waals surface area contributed by atoms with Crippen LogP contribution in [-0.2, 0) is 22.4 Å². The van der Waals surface area contributed by atoms with Crippen LogP contribution in [0.15, 0.2) is 36.9 Å². The molecule has 0 saturated carbocycles. The van der Waals surface area contributed by atoms with Crippen molar-refractivity contribution in [2.75, 3.05) is 58.1 Å². The Bertz CT molecular complexity index is 1140. The number of aryl methyl sites for hydroxylation is 1. The van der Waals surface area contributed by atoms with E-state index in [-0.39, 0.29) is 11.9 Å². The molecule has 0 atom stereocenters. The monoisotopic (exact) mass is 537 g/mol.